The number of aryl methyl sites for hydroxylation is 1. The highest BCUT2D eigenvalue weighted by Crippen LogP contribution is 2.32. The van der Waals surface area contributed by atoms with Crippen LogP contribution in [0.1, 0.15) is 16.8 Å². The molecule has 0 radical (unpaired) electrons. The molecular formula is C13H14N2O2. The zero-order chi connectivity index (χ0) is 11.8. The molecule has 1 aromatic carbocycles. The van der Waals surface area contributed by atoms with E-state index >= 15 is 0 Å². The molecule has 88 valence electrons. The molecule has 1 aliphatic heterocycles. The number of carbonyl (C=O) groups is 1. The smallest absolute Gasteiger partial charge is 0.342 e. The van der Waals surface area contributed by atoms with Crippen LogP contribution in [0.15, 0.2) is 24.3 Å². The predicted octanol–water partition coefficient (Wildman–Crippen LogP) is 2.24. The van der Waals surface area contributed by atoms with E-state index < -0.39 is 0 Å². The normalized spacial score (nSPS) is 14.2. The molecule has 0 bridgehead atoms. The van der Waals surface area contributed by atoms with Crippen LogP contribution in [0.2, 0.25) is 0 Å². The molecule has 3 rings (SSSR count). The molecule has 0 saturated carbocycles. The number of rotatable bonds is 1. The zero-order valence-corrected chi connectivity index (χ0v) is 9.69. The average molecular weight is 230 g/mol. The Kier molecular flexibility index (Phi) is 2.28. The second kappa shape index (κ2) is 3.80. The Morgan fingerprint density at radius 2 is 2.24 bits per heavy atom. The number of methoxy groups -OCH3 is 1. The van der Waals surface area contributed by atoms with Crippen molar-refractivity contribution >= 4 is 22.7 Å². The highest BCUT2D eigenvalue weighted by molar-refractivity contribution is 6.09. The fourth-order valence-corrected chi connectivity index (χ4v) is 2.47. The van der Waals surface area contributed by atoms with Crippen molar-refractivity contribution in [2.24, 2.45) is 0 Å². The number of para-hydroxylation sites is 1. The Morgan fingerprint density at radius 3 is 3.06 bits per heavy atom. The maximum absolute atomic E-state index is 11.9. The van der Waals surface area contributed by atoms with Gasteiger partial charge in [-0.2, -0.15) is 0 Å². The van der Waals surface area contributed by atoms with Crippen LogP contribution in [0, 0.1) is 0 Å². The highest BCUT2D eigenvalue weighted by Gasteiger charge is 2.24. The van der Waals surface area contributed by atoms with Gasteiger partial charge in [-0.25, -0.2) is 4.79 Å². The molecular weight excluding hydrogens is 216 g/mol. The van der Waals surface area contributed by atoms with Crippen molar-refractivity contribution in [1.82, 2.24) is 4.57 Å². The maximum Gasteiger partial charge on any atom is 0.342 e. The van der Waals surface area contributed by atoms with E-state index in [9.17, 15) is 4.79 Å². The molecule has 4 nitrogen and oxygen atoms in total. The number of anilines is 1. The Labute approximate surface area is 99.2 Å². The van der Waals surface area contributed by atoms with Crippen molar-refractivity contribution in [2.45, 2.75) is 13.0 Å². The van der Waals surface area contributed by atoms with E-state index in [0.29, 0.717) is 5.56 Å². The minimum absolute atomic E-state index is 0.274. The van der Waals surface area contributed by atoms with Crippen LogP contribution >= 0.6 is 0 Å². The van der Waals surface area contributed by atoms with Gasteiger partial charge < -0.3 is 14.6 Å². The molecule has 1 aliphatic rings. The van der Waals surface area contributed by atoms with Gasteiger partial charge in [-0.1, -0.05) is 18.2 Å². The van der Waals surface area contributed by atoms with Crippen LogP contribution in [0.5, 0.6) is 0 Å². The second-order valence-electron chi connectivity index (χ2n) is 4.16. The largest absolute Gasteiger partial charge is 0.465 e. The summed E-state index contributed by atoms with van der Waals surface area (Å²) in [6.45, 7) is 1.85. The molecule has 4 heteroatoms. The monoisotopic (exact) mass is 230 g/mol. The lowest BCUT2D eigenvalue weighted by Gasteiger charge is -2.18. The number of nitrogens with zero attached hydrogens (tertiary/aromatic N) is 1. The van der Waals surface area contributed by atoms with Crippen LogP contribution < -0.4 is 5.32 Å². The number of ether oxygens (including phenoxy) is 1. The number of carbonyl (C=O) groups excluding carboxylic acids is 1. The number of esters is 1. The predicted molar refractivity (Wildman–Crippen MR) is 66.4 cm³/mol. The van der Waals surface area contributed by atoms with Crippen LogP contribution in [0.25, 0.3) is 10.9 Å². The minimum atomic E-state index is -0.274. The molecule has 0 atom stereocenters. The van der Waals surface area contributed by atoms with Crippen LogP contribution in [-0.4, -0.2) is 24.2 Å². The lowest BCUT2D eigenvalue weighted by Crippen LogP contribution is -2.18. The second-order valence-corrected chi connectivity index (χ2v) is 4.16. The van der Waals surface area contributed by atoms with Gasteiger partial charge in [0, 0.05) is 18.5 Å². The summed E-state index contributed by atoms with van der Waals surface area (Å²) in [5, 5.41) is 4.26. The van der Waals surface area contributed by atoms with Gasteiger partial charge in [0.05, 0.1) is 12.6 Å². The first-order chi connectivity index (χ1) is 8.33. The fourth-order valence-electron chi connectivity index (χ4n) is 2.47. The fraction of sp³-hybridized carbons (Fsp3) is 0.308. The van der Waals surface area contributed by atoms with Crippen LogP contribution in [-0.2, 0) is 11.3 Å². The van der Waals surface area contributed by atoms with Crippen molar-refractivity contribution in [3.63, 3.8) is 0 Å². The summed E-state index contributed by atoms with van der Waals surface area (Å²) in [4.78, 5) is 11.9. The Bertz CT molecular complexity index is 586. The quantitative estimate of drug-likeness (QED) is 0.764. The van der Waals surface area contributed by atoms with Crippen LogP contribution in [0.3, 0.4) is 0 Å². The standard InChI is InChI=1S/C13H14N2O2/c1-17-13(16)11-9-5-2-3-6-10(9)15-8-4-7-14-12(11)15/h2-3,5-6,14H,4,7-8H2,1H3. The molecule has 0 fully saturated rings. The summed E-state index contributed by atoms with van der Waals surface area (Å²) in [6, 6.07) is 7.94. The van der Waals surface area contributed by atoms with E-state index in [2.05, 4.69) is 9.88 Å². The van der Waals surface area contributed by atoms with E-state index in [-0.39, 0.29) is 5.97 Å². The third kappa shape index (κ3) is 1.40. The van der Waals surface area contributed by atoms with Gasteiger partial charge in [0.15, 0.2) is 0 Å². The Morgan fingerprint density at radius 1 is 1.41 bits per heavy atom. The number of benzene rings is 1. The van der Waals surface area contributed by atoms with E-state index in [1.807, 2.05) is 24.3 Å². The number of fused-ring (bicyclic) bond motifs is 3. The summed E-state index contributed by atoms with van der Waals surface area (Å²) in [6.07, 6.45) is 1.08. The maximum atomic E-state index is 11.9. The molecule has 0 aliphatic carbocycles. The summed E-state index contributed by atoms with van der Waals surface area (Å²) < 4.78 is 7.03. The first-order valence-electron chi connectivity index (χ1n) is 5.76. The van der Waals surface area contributed by atoms with E-state index in [0.717, 1.165) is 36.2 Å². The van der Waals surface area contributed by atoms with E-state index in [1.165, 1.54) is 7.11 Å². The molecule has 0 saturated heterocycles. The van der Waals surface area contributed by atoms with Gasteiger partial charge in [-0.15, -0.1) is 0 Å². The zero-order valence-electron chi connectivity index (χ0n) is 9.69. The highest BCUT2D eigenvalue weighted by atomic mass is 16.5. The topological polar surface area (TPSA) is 43.3 Å². The first-order valence-corrected chi connectivity index (χ1v) is 5.76. The van der Waals surface area contributed by atoms with Crippen molar-refractivity contribution in [3.8, 4) is 0 Å². The van der Waals surface area contributed by atoms with Crippen LogP contribution in [0.4, 0.5) is 5.82 Å². The molecule has 1 aromatic heterocycles. The van der Waals surface area contributed by atoms with Gasteiger partial charge in [-0.3, -0.25) is 0 Å². The van der Waals surface area contributed by atoms with Gasteiger partial charge in [0.2, 0.25) is 0 Å². The summed E-state index contributed by atoms with van der Waals surface area (Å²) in [5.74, 6) is 0.619. The van der Waals surface area contributed by atoms with Crippen molar-refractivity contribution < 1.29 is 9.53 Å². The van der Waals surface area contributed by atoms with E-state index in [1.54, 1.807) is 0 Å². The molecule has 2 aromatic rings. The van der Waals surface area contributed by atoms with Gasteiger partial charge >= 0.3 is 5.97 Å². The Hall–Kier alpha value is -1.97. The molecule has 1 N–H and O–H groups in total. The number of hydrogen-bond acceptors (Lipinski definition) is 3. The molecule has 0 amide bonds. The summed E-state index contributed by atoms with van der Waals surface area (Å²) in [5.41, 5.74) is 1.75. The van der Waals surface area contributed by atoms with Gasteiger partial charge in [0.25, 0.3) is 0 Å². The van der Waals surface area contributed by atoms with E-state index in [4.69, 9.17) is 4.74 Å². The van der Waals surface area contributed by atoms with Crippen molar-refractivity contribution in [3.05, 3.63) is 29.8 Å². The minimum Gasteiger partial charge on any atom is -0.465 e. The number of hydrogen-bond donors (Lipinski definition) is 1. The lowest BCUT2D eigenvalue weighted by molar-refractivity contribution is 0.0604. The lowest BCUT2D eigenvalue weighted by atomic mass is 10.1. The number of aromatic nitrogens is 1. The third-order valence-corrected chi connectivity index (χ3v) is 3.21. The first kappa shape index (κ1) is 10.2. The number of nitrogens with one attached hydrogen (secondary N) is 1. The average Bonchev–Trinajstić information content (AvgIpc) is 2.72. The third-order valence-electron chi connectivity index (χ3n) is 3.21. The summed E-state index contributed by atoms with van der Waals surface area (Å²) in [7, 11) is 1.42. The van der Waals surface area contributed by atoms with Crippen molar-refractivity contribution in [1.29, 1.82) is 0 Å². The molecule has 0 spiro atoms. The molecule has 17 heavy (non-hydrogen) atoms. The molecule has 0 unspecified atom stereocenters. The molecule has 2 heterocycles. The van der Waals surface area contributed by atoms with Gasteiger partial charge in [0.1, 0.15) is 11.4 Å². The van der Waals surface area contributed by atoms with Crippen molar-refractivity contribution in [2.75, 3.05) is 19.0 Å². The summed E-state index contributed by atoms with van der Waals surface area (Å²) >= 11 is 0. The Balaban J connectivity index is 2.35. The SMILES string of the molecule is COC(=O)c1c2n(c3ccccc13)CCCN2. The van der Waals surface area contributed by atoms with Gasteiger partial charge in [-0.05, 0) is 12.5 Å².